The summed E-state index contributed by atoms with van der Waals surface area (Å²) in [7, 11) is 0. The van der Waals surface area contributed by atoms with Crippen molar-refractivity contribution in [1.29, 1.82) is 0 Å². The van der Waals surface area contributed by atoms with Crippen molar-refractivity contribution in [2.45, 2.75) is 11.2 Å². The first-order valence-electron chi connectivity index (χ1n) is 5.92. The van der Waals surface area contributed by atoms with Gasteiger partial charge in [-0.05, 0) is 39.5 Å². The molecule has 2 aliphatic carbocycles. The highest BCUT2D eigenvalue weighted by Crippen LogP contribution is 2.42. The maximum Gasteiger partial charge on any atom is 0.0581 e. The second-order valence-electron chi connectivity index (χ2n) is 4.67. The number of halogens is 1. The van der Waals surface area contributed by atoms with Crippen molar-refractivity contribution in [2.24, 2.45) is 0 Å². The van der Waals surface area contributed by atoms with Crippen molar-refractivity contribution in [3.8, 4) is 0 Å². The van der Waals surface area contributed by atoms with E-state index in [1.54, 1.807) is 0 Å². The van der Waals surface area contributed by atoms with Gasteiger partial charge in [-0.2, -0.15) is 0 Å². The fraction of sp³-hybridized carbons (Fsp3) is 0.125. The van der Waals surface area contributed by atoms with Crippen LogP contribution < -0.4 is 0 Å². The van der Waals surface area contributed by atoms with Gasteiger partial charge in [-0.3, -0.25) is 0 Å². The fourth-order valence-electron chi connectivity index (χ4n) is 2.96. The van der Waals surface area contributed by atoms with Crippen molar-refractivity contribution in [3.63, 3.8) is 0 Å². The molecular formula is C16H11Br. The summed E-state index contributed by atoms with van der Waals surface area (Å²) in [4.78, 5) is 0.369. The van der Waals surface area contributed by atoms with Crippen LogP contribution in [0.3, 0.4) is 0 Å². The van der Waals surface area contributed by atoms with Crippen molar-refractivity contribution in [2.75, 3.05) is 0 Å². The molecule has 0 spiro atoms. The Bertz CT molecular complexity index is 692. The third-order valence-electron chi connectivity index (χ3n) is 3.74. The van der Waals surface area contributed by atoms with Gasteiger partial charge in [-0.15, -0.1) is 0 Å². The molecule has 4 rings (SSSR count). The Balaban J connectivity index is 2.23. The zero-order chi connectivity index (χ0) is 11.4. The molecule has 1 atom stereocenters. The molecule has 1 unspecified atom stereocenters. The summed E-state index contributed by atoms with van der Waals surface area (Å²) in [6.45, 7) is 0. The molecule has 0 fully saturated rings. The Morgan fingerprint density at radius 3 is 3.00 bits per heavy atom. The van der Waals surface area contributed by atoms with Crippen LogP contribution in [0.5, 0.6) is 0 Å². The average Bonchev–Trinajstić information content (AvgIpc) is 2.38. The first kappa shape index (κ1) is 9.67. The second-order valence-corrected chi connectivity index (χ2v) is 5.66. The number of hydrogen-bond donors (Lipinski definition) is 0. The van der Waals surface area contributed by atoms with E-state index in [0.29, 0.717) is 4.83 Å². The number of alkyl halides is 1. The van der Waals surface area contributed by atoms with Gasteiger partial charge in [-0.1, -0.05) is 64.5 Å². The van der Waals surface area contributed by atoms with E-state index < -0.39 is 0 Å². The molecule has 0 N–H and O–H groups in total. The van der Waals surface area contributed by atoms with Crippen molar-refractivity contribution < 1.29 is 0 Å². The highest BCUT2D eigenvalue weighted by atomic mass is 79.9. The highest BCUT2D eigenvalue weighted by molar-refractivity contribution is 9.10. The summed E-state index contributed by atoms with van der Waals surface area (Å²) < 4.78 is 0. The van der Waals surface area contributed by atoms with Crippen LogP contribution in [-0.4, -0.2) is 4.83 Å². The maximum absolute atomic E-state index is 3.74. The number of rotatable bonds is 0. The molecule has 0 nitrogen and oxygen atoms in total. The third kappa shape index (κ3) is 1.23. The van der Waals surface area contributed by atoms with E-state index in [1.807, 2.05) is 0 Å². The Kier molecular flexibility index (Phi) is 1.89. The Morgan fingerprint density at radius 1 is 1.12 bits per heavy atom. The quantitative estimate of drug-likeness (QED) is 0.621. The van der Waals surface area contributed by atoms with Gasteiger partial charge in [0, 0.05) is 0 Å². The second kappa shape index (κ2) is 3.33. The molecule has 2 aromatic rings. The largest absolute Gasteiger partial charge is 0.0793 e. The molecule has 1 heteroatoms. The molecule has 0 heterocycles. The smallest absolute Gasteiger partial charge is 0.0581 e. The van der Waals surface area contributed by atoms with Crippen molar-refractivity contribution in [3.05, 3.63) is 59.2 Å². The molecule has 82 valence electrons. The molecule has 0 aliphatic heterocycles. The first-order valence-corrected chi connectivity index (χ1v) is 6.83. The number of allylic oxidation sites excluding steroid dienone is 3. The predicted molar refractivity (Wildman–Crippen MR) is 77.4 cm³/mol. The SMILES string of the molecule is BrC1C=Cc2ccc3cccc4c3c2C1=CC4. The molecule has 0 saturated carbocycles. The van der Waals surface area contributed by atoms with Crippen molar-refractivity contribution in [1.82, 2.24) is 0 Å². The van der Waals surface area contributed by atoms with Gasteiger partial charge in [0.25, 0.3) is 0 Å². The lowest BCUT2D eigenvalue weighted by molar-refractivity contribution is 1.24. The van der Waals surface area contributed by atoms with E-state index in [1.165, 1.54) is 33.0 Å². The zero-order valence-electron chi connectivity index (χ0n) is 9.28. The molecule has 0 radical (unpaired) electrons. The van der Waals surface area contributed by atoms with Crippen LogP contribution in [0, 0.1) is 0 Å². The molecule has 0 aromatic heterocycles. The predicted octanol–water partition coefficient (Wildman–Crippen LogP) is 4.57. The monoisotopic (exact) mass is 282 g/mol. The van der Waals surface area contributed by atoms with Crippen LogP contribution in [0.2, 0.25) is 0 Å². The number of benzene rings is 2. The third-order valence-corrected chi connectivity index (χ3v) is 4.54. The highest BCUT2D eigenvalue weighted by Gasteiger charge is 2.23. The number of hydrogen-bond acceptors (Lipinski definition) is 0. The zero-order valence-corrected chi connectivity index (χ0v) is 10.9. The molecule has 2 aliphatic rings. The van der Waals surface area contributed by atoms with E-state index in [4.69, 9.17) is 0 Å². The lowest BCUT2D eigenvalue weighted by atomic mass is 9.81. The summed E-state index contributed by atoms with van der Waals surface area (Å²) in [6.07, 6.45) is 7.88. The van der Waals surface area contributed by atoms with Crippen LogP contribution in [0.1, 0.15) is 16.7 Å². The summed E-state index contributed by atoms with van der Waals surface area (Å²) >= 11 is 3.74. The van der Waals surface area contributed by atoms with Gasteiger partial charge in [-0.25, -0.2) is 0 Å². The van der Waals surface area contributed by atoms with Gasteiger partial charge in [0.05, 0.1) is 4.83 Å². The Morgan fingerprint density at radius 2 is 2.06 bits per heavy atom. The van der Waals surface area contributed by atoms with Gasteiger partial charge in [0.1, 0.15) is 0 Å². The van der Waals surface area contributed by atoms with E-state index >= 15 is 0 Å². The lowest BCUT2D eigenvalue weighted by Crippen LogP contribution is -2.10. The van der Waals surface area contributed by atoms with Gasteiger partial charge < -0.3 is 0 Å². The van der Waals surface area contributed by atoms with E-state index in [0.717, 1.165) is 6.42 Å². The molecule has 0 saturated heterocycles. The standard InChI is InChI=1S/C16H11Br/c17-14-9-7-12-5-4-10-2-1-3-11-6-8-13(14)16(12)15(10)11/h1-5,7-9,14H,6H2. The summed E-state index contributed by atoms with van der Waals surface area (Å²) in [5.41, 5.74) is 5.69. The molecule has 17 heavy (non-hydrogen) atoms. The fourth-order valence-corrected chi connectivity index (χ4v) is 3.52. The topological polar surface area (TPSA) is 0 Å². The molecule has 2 aromatic carbocycles. The van der Waals surface area contributed by atoms with Crippen LogP contribution in [0.15, 0.2) is 42.5 Å². The molecule has 0 amide bonds. The Labute approximate surface area is 109 Å². The van der Waals surface area contributed by atoms with Gasteiger partial charge >= 0.3 is 0 Å². The van der Waals surface area contributed by atoms with Gasteiger partial charge in [0.2, 0.25) is 0 Å². The van der Waals surface area contributed by atoms with E-state index in [-0.39, 0.29) is 0 Å². The summed E-state index contributed by atoms with van der Waals surface area (Å²) in [5, 5.41) is 2.82. The first-order chi connectivity index (χ1) is 8.34. The summed E-state index contributed by atoms with van der Waals surface area (Å²) in [5.74, 6) is 0. The van der Waals surface area contributed by atoms with Crippen LogP contribution >= 0.6 is 15.9 Å². The maximum atomic E-state index is 3.74. The minimum atomic E-state index is 0.369. The van der Waals surface area contributed by atoms with Crippen molar-refractivity contribution >= 4 is 38.4 Å². The van der Waals surface area contributed by atoms with E-state index in [2.05, 4.69) is 64.5 Å². The van der Waals surface area contributed by atoms with Crippen LogP contribution in [-0.2, 0) is 6.42 Å². The van der Waals surface area contributed by atoms with Gasteiger partial charge in [0.15, 0.2) is 0 Å². The summed E-state index contributed by atoms with van der Waals surface area (Å²) in [6, 6.07) is 11.1. The van der Waals surface area contributed by atoms with E-state index in [9.17, 15) is 0 Å². The minimum Gasteiger partial charge on any atom is -0.0793 e. The Hall–Kier alpha value is -1.34. The van der Waals surface area contributed by atoms with Crippen LogP contribution in [0.25, 0.3) is 22.4 Å². The van der Waals surface area contributed by atoms with Crippen LogP contribution in [0.4, 0.5) is 0 Å². The lowest BCUT2D eigenvalue weighted by Gasteiger charge is -2.26. The normalized spacial score (nSPS) is 20.5. The minimum absolute atomic E-state index is 0.369. The molecule has 0 bridgehead atoms. The average molecular weight is 283 g/mol. The molecular weight excluding hydrogens is 272 g/mol.